The molecule has 0 fully saturated rings. The summed E-state index contributed by atoms with van der Waals surface area (Å²) in [7, 11) is 0. The summed E-state index contributed by atoms with van der Waals surface area (Å²) in [5.74, 6) is 0. The third kappa shape index (κ3) is 2.21. The summed E-state index contributed by atoms with van der Waals surface area (Å²) in [6.07, 6.45) is 1.89. The Morgan fingerprint density at radius 3 is 2.42 bits per heavy atom. The van der Waals surface area contributed by atoms with E-state index in [1.165, 1.54) is 5.69 Å². The van der Waals surface area contributed by atoms with E-state index in [0.717, 1.165) is 17.7 Å². The Hall–Kier alpha value is -0.570. The number of pyridine rings is 1. The molecule has 1 aromatic rings. The molecule has 1 rings (SSSR count). The fourth-order valence-corrected chi connectivity index (χ4v) is 1.38. The van der Waals surface area contributed by atoms with Gasteiger partial charge in [-0.2, -0.15) is 0 Å². The molecule has 12 heavy (non-hydrogen) atoms. The van der Waals surface area contributed by atoms with Crippen molar-refractivity contribution in [3.05, 3.63) is 22.9 Å². The third-order valence-corrected chi connectivity index (χ3v) is 2.31. The third-order valence-electron chi connectivity index (χ3n) is 1.84. The van der Waals surface area contributed by atoms with Gasteiger partial charge in [0.05, 0.1) is 11.9 Å². The Bertz CT molecular complexity index is 229. The van der Waals surface area contributed by atoms with Crippen LogP contribution in [0.2, 0.25) is 0 Å². The summed E-state index contributed by atoms with van der Waals surface area (Å²) in [6.45, 7) is 6.34. The summed E-state index contributed by atoms with van der Waals surface area (Å²) in [5.41, 5.74) is 1.18. The molecule has 0 spiro atoms. The van der Waals surface area contributed by atoms with E-state index in [0.29, 0.717) is 0 Å². The molecule has 0 unspecified atom stereocenters. The first-order valence-electron chi connectivity index (χ1n) is 4.14. The van der Waals surface area contributed by atoms with Gasteiger partial charge in [0.15, 0.2) is 0 Å². The van der Waals surface area contributed by atoms with Gasteiger partial charge in [-0.05, 0) is 41.9 Å². The fourth-order valence-electron chi connectivity index (χ4n) is 1.14. The van der Waals surface area contributed by atoms with Gasteiger partial charge in [0.1, 0.15) is 4.60 Å². The number of aromatic nitrogens is 1. The monoisotopic (exact) mass is 228 g/mol. The van der Waals surface area contributed by atoms with Crippen LogP contribution in [0.25, 0.3) is 0 Å². The maximum absolute atomic E-state index is 4.17. The van der Waals surface area contributed by atoms with Crippen molar-refractivity contribution in [2.24, 2.45) is 0 Å². The van der Waals surface area contributed by atoms with Crippen LogP contribution < -0.4 is 4.90 Å². The first-order valence-corrected chi connectivity index (χ1v) is 4.93. The highest BCUT2D eigenvalue weighted by atomic mass is 79.9. The Labute approximate surface area is 81.7 Å². The normalized spacial score (nSPS) is 9.92. The summed E-state index contributed by atoms with van der Waals surface area (Å²) in [6, 6.07) is 4.04. The van der Waals surface area contributed by atoms with E-state index >= 15 is 0 Å². The highest BCUT2D eigenvalue weighted by molar-refractivity contribution is 9.10. The van der Waals surface area contributed by atoms with Crippen LogP contribution in [0.3, 0.4) is 0 Å². The van der Waals surface area contributed by atoms with Gasteiger partial charge in [-0.1, -0.05) is 0 Å². The number of rotatable bonds is 3. The van der Waals surface area contributed by atoms with Crippen LogP contribution in [0.1, 0.15) is 13.8 Å². The molecule has 0 N–H and O–H groups in total. The van der Waals surface area contributed by atoms with Gasteiger partial charge in [0, 0.05) is 13.1 Å². The van der Waals surface area contributed by atoms with E-state index in [4.69, 9.17) is 0 Å². The number of anilines is 1. The minimum atomic E-state index is 0.887. The van der Waals surface area contributed by atoms with Crippen molar-refractivity contribution in [1.82, 2.24) is 4.98 Å². The minimum absolute atomic E-state index is 0.887. The first-order chi connectivity index (χ1) is 5.77. The van der Waals surface area contributed by atoms with E-state index in [-0.39, 0.29) is 0 Å². The topological polar surface area (TPSA) is 16.1 Å². The molecule has 1 heterocycles. The second-order valence-corrected chi connectivity index (χ2v) is 3.32. The van der Waals surface area contributed by atoms with Crippen LogP contribution in [0, 0.1) is 0 Å². The molecule has 0 saturated heterocycles. The average Bonchev–Trinajstić information content (AvgIpc) is 2.10. The molecule has 0 aliphatic heterocycles. The lowest BCUT2D eigenvalue weighted by atomic mass is 10.3. The van der Waals surface area contributed by atoms with Gasteiger partial charge in [0.2, 0.25) is 0 Å². The van der Waals surface area contributed by atoms with E-state index in [1.807, 2.05) is 12.3 Å². The van der Waals surface area contributed by atoms with E-state index in [2.05, 4.69) is 45.7 Å². The Kier molecular flexibility index (Phi) is 3.53. The smallest absolute Gasteiger partial charge is 0.106 e. The van der Waals surface area contributed by atoms with Gasteiger partial charge < -0.3 is 4.90 Å². The molecule has 1 aromatic heterocycles. The molecular formula is C9H13BrN2. The van der Waals surface area contributed by atoms with Gasteiger partial charge in [-0.15, -0.1) is 0 Å². The van der Waals surface area contributed by atoms with Gasteiger partial charge in [0.25, 0.3) is 0 Å². The summed E-state index contributed by atoms with van der Waals surface area (Å²) < 4.78 is 0.887. The van der Waals surface area contributed by atoms with Crippen molar-refractivity contribution < 1.29 is 0 Å². The zero-order chi connectivity index (χ0) is 8.97. The predicted octanol–water partition coefficient (Wildman–Crippen LogP) is 2.69. The van der Waals surface area contributed by atoms with Crippen LogP contribution >= 0.6 is 15.9 Å². The maximum atomic E-state index is 4.17. The average molecular weight is 229 g/mol. The lowest BCUT2D eigenvalue weighted by Gasteiger charge is -2.20. The largest absolute Gasteiger partial charge is 0.371 e. The highest BCUT2D eigenvalue weighted by Crippen LogP contribution is 2.14. The van der Waals surface area contributed by atoms with Gasteiger partial charge in [-0.25, -0.2) is 4.98 Å². The Morgan fingerprint density at radius 2 is 2.00 bits per heavy atom. The lowest BCUT2D eigenvalue weighted by Crippen LogP contribution is -2.21. The molecule has 0 atom stereocenters. The maximum Gasteiger partial charge on any atom is 0.106 e. The molecule has 66 valence electrons. The summed E-state index contributed by atoms with van der Waals surface area (Å²) >= 11 is 3.31. The van der Waals surface area contributed by atoms with E-state index in [1.54, 1.807) is 0 Å². The van der Waals surface area contributed by atoms with Crippen molar-refractivity contribution >= 4 is 21.6 Å². The van der Waals surface area contributed by atoms with E-state index < -0.39 is 0 Å². The number of hydrogen-bond donors (Lipinski definition) is 0. The quantitative estimate of drug-likeness (QED) is 0.741. The zero-order valence-corrected chi connectivity index (χ0v) is 9.00. The van der Waals surface area contributed by atoms with Crippen LogP contribution in [0.4, 0.5) is 5.69 Å². The molecule has 0 saturated carbocycles. The van der Waals surface area contributed by atoms with Crippen LogP contribution in [0.5, 0.6) is 0 Å². The molecule has 3 heteroatoms. The molecule has 0 amide bonds. The lowest BCUT2D eigenvalue weighted by molar-refractivity contribution is 0.862. The number of halogens is 1. The van der Waals surface area contributed by atoms with E-state index in [9.17, 15) is 0 Å². The van der Waals surface area contributed by atoms with Gasteiger partial charge in [-0.3, -0.25) is 0 Å². The predicted molar refractivity (Wildman–Crippen MR) is 55.5 cm³/mol. The van der Waals surface area contributed by atoms with Crippen molar-refractivity contribution in [2.45, 2.75) is 13.8 Å². The van der Waals surface area contributed by atoms with Crippen LogP contribution in [-0.4, -0.2) is 18.1 Å². The van der Waals surface area contributed by atoms with Crippen LogP contribution in [-0.2, 0) is 0 Å². The standard InChI is InChI=1S/C9H13BrN2/c1-3-12(4-2)8-5-6-9(10)11-7-8/h5-7H,3-4H2,1-2H3. The number of hydrogen-bond acceptors (Lipinski definition) is 2. The second-order valence-electron chi connectivity index (χ2n) is 2.51. The fraction of sp³-hybridized carbons (Fsp3) is 0.444. The molecule has 0 aliphatic carbocycles. The SMILES string of the molecule is CCN(CC)c1ccc(Br)nc1. The molecule has 0 aromatic carbocycles. The van der Waals surface area contributed by atoms with Crippen molar-refractivity contribution in [3.63, 3.8) is 0 Å². The van der Waals surface area contributed by atoms with Gasteiger partial charge >= 0.3 is 0 Å². The zero-order valence-electron chi connectivity index (χ0n) is 7.42. The highest BCUT2D eigenvalue weighted by Gasteiger charge is 2.00. The molecule has 2 nitrogen and oxygen atoms in total. The summed E-state index contributed by atoms with van der Waals surface area (Å²) in [4.78, 5) is 6.43. The minimum Gasteiger partial charge on any atom is -0.371 e. The molecule has 0 bridgehead atoms. The second kappa shape index (κ2) is 4.45. The van der Waals surface area contributed by atoms with Crippen molar-refractivity contribution in [1.29, 1.82) is 0 Å². The Balaban J connectivity index is 2.80. The molecule has 0 radical (unpaired) electrons. The Morgan fingerprint density at radius 1 is 1.33 bits per heavy atom. The summed E-state index contributed by atoms with van der Waals surface area (Å²) in [5, 5.41) is 0. The molecule has 0 aliphatic rings. The first kappa shape index (κ1) is 9.52. The van der Waals surface area contributed by atoms with Crippen LogP contribution in [0.15, 0.2) is 22.9 Å². The molecular weight excluding hydrogens is 216 g/mol. The number of nitrogens with zero attached hydrogens (tertiary/aromatic N) is 2. The van der Waals surface area contributed by atoms with Crippen molar-refractivity contribution in [2.75, 3.05) is 18.0 Å². The van der Waals surface area contributed by atoms with Crippen molar-refractivity contribution in [3.8, 4) is 0 Å².